The molecule has 1 aliphatic rings. The first-order valence-electron chi connectivity index (χ1n) is 6.72. The highest BCUT2D eigenvalue weighted by atomic mass is 35.5. The normalized spacial score (nSPS) is 28.1. The van der Waals surface area contributed by atoms with Crippen LogP contribution in [-0.2, 0) is 5.54 Å². The van der Waals surface area contributed by atoms with Crippen molar-refractivity contribution in [1.29, 1.82) is 0 Å². The molecule has 0 bridgehead atoms. The monoisotopic (exact) mass is 267 g/mol. The number of nitrogens with two attached hydrogens (primary N) is 1. The lowest BCUT2D eigenvalue weighted by atomic mass is 9.73. The number of ether oxygens (including phenoxy) is 1. The predicted molar refractivity (Wildman–Crippen MR) is 76.1 cm³/mol. The van der Waals surface area contributed by atoms with Crippen LogP contribution in [0.2, 0.25) is 5.02 Å². The molecule has 2 rings (SSSR count). The van der Waals surface area contributed by atoms with Crippen LogP contribution >= 0.6 is 11.6 Å². The second-order valence-electron chi connectivity index (χ2n) is 5.36. The molecule has 2 nitrogen and oxygen atoms in total. The van der Waals surface area contributed by atoms with E-state index in [1.54, 1.807) is 7.11 Å². The van der Waals surface area contributed by atoms with E-state index >= 15 is 0 Å². The summed E-state index contributed by atoms with van der Waals surface area (Å²) >= 11 is 6.06. The van der Waals surface area contributed by atoms with Crippen molar-refractivity contribution >= 4 is 11.6 Å². The first-order valence-corrected chi connectivity index (χ1v) is 7.09. The zero-order valence-electron chi connectivity index (χ0n) is 11.2. The highest BCUT2D eigenvalue weighted by molar-refractivity contribution is 6.32. The molecule has 2 N–H and O–H groups in total. The van der Waals surface area contributed by atoms with Crippen LogP contribution in [0.4, 0.5) is 0 Å². The van der Waals surface area contributed by atoms with Crippen molar-refractivity contribution in [3.05, 3.63) is 28.8 Å². The van der Waals surface area contributed by atoms with Crippen LogP contribution in [0.25, 0.3) is 0 Å². The Balaban J connectivity index is 2.20. The third-order valence-corrected chi connectivity index (χ3v) is 4.61. The van der Waals surface area contributed by atoms with Crippen molar-refractivity contribution in [3.8, 4) is 5.75 Å². The molecule has 0 radical (unpaired) electrons. The molecule has 3 heteroatoms. The molecule has 0 aromatic heterocycles. The number of halogens is 1. The van der Waals surface area contributed by atoms with E-state index in [9.17, 15) is 0 Å². The van der Waals surface area contributed by atoms with E-state index in [-0.39, 0.29) is 5.54 Å². The number of hydrogen-bond donors (Lipinski definition) is 1. The molecule has 1 aromatic carbocycles. The SMILES string of the molecule is CCC1CCC(N)(c2ccc(Cl)c(OC)c2)CC1. The summed E-state index contributed by atoms with van der Waals surface area (Å²) in [6, 6.07) is 5.92. The Morgan fingerprint density at radius 1 is 1.39 bits per heavy atom. The minimum Gasteiger partial charge on any atom is -0.495 e. The van der Waals surface area contributed by atoms with E-state index in [1.165, 1.54) is 19.3 Å². The molecule has 0 aliphatic heterocycles. The summed E-state index contributed by atoms with van der Waals surface area (Å²) in [5.41, 5.74) is 7.52. The first-order chi connectivity index (χ1) is 8.59. The van der Waals surface area contributed by atoms with E-state index in [1.807, 2.05) is 18.2 Å². The van der Waals surface area contributed by atoms with Gasteiger partial charge in [-0.05, 0) is 49.3 Å². The van der Waals surface area contributed by atoms with E-state index in [0.29, 0.717) is 5.02 Å². The Kier molecular flexibility index (Phi) is 4.18. The van der Waals surface area contributed by atoms with Gasteiger partial charge in [0.2, 0.25) is 0 Å². The van der Waals surface area contributed by atoms with Gasteiger partial charge in [0.25, 0.3) is 0 Å². The van der Waals surface area contributed by atoms with Gasteiger partial charge in [-0.1, -0.05) is 31.0 Å². The fourth-order valence-electron chi connectivity index (χ4n) is 2.86. The largest absolute Gasteiger partial charge is 0.495 e. The van der Waals surface area contributed by atoms with Gasteiger partial charge in [0, 0.05) is 5.54 Å². The van der Waals surface area contributed by atoms with Gasteiger partial charge < -0.3 is 10.5 Å². The lowest BCUT2D eigenvalue weighted by molar-refractivity contribution is 0.231. The summed E-state index contributed by atoms with van der Waals surface area (Å²) in [6.45, 7) is 2.26. The van der Waals surface area contributed by atoms with Crippen molar-refractivity contribution < 1.29 is 4.74 Å². The molecule has 0 unspecified atom stereocenters. The van der Waals surface area contributed by atoms with Crippen molar-refractivity contribution in [1.82, 2.24) is 0 Å². The summed E-state index contributed by atoms with van der Waals surface area (Å²) in [5, 5.41) is 0.645. The Labute approximate surface area is 114 Å². The molecule has 0 heterocycles. The second kappa shape index (κ2) is 5.50. The zero-order chi connectivity index (χ0) is 13.2. The van der Waals surface area contributed by atoms with E-state index in [0.717, 1.165) is 30.1 Å². The molecule has 100 valence electrons. The molecule has 18 heavy (non-hydrogen) atoms. The topological polar surface area (TPSA) is 35.2 Å². The second-order valence-corrected chi connectivity index (χ2v) is 5.76. The number of hydrogen-bond acceptors (Lipinski definition) is 2. The lowest BCUT2D eigenvalue weighted by Gasteiger charge is -2.37. The number of methoxy groups -OCH3 is 1. The molecule has 1 saturated carbocycles. The predicted octanol–water partition coefficient (Wildman–Crippen LogP) is 4.10. The Hall–Kier alpha value is -0.730. The lowest BCUT2D eigenvalue weighted by Crippen LogP contribution is -2.40. The van der Waals surface area contributed by atoms with Gasteiger partial charge in [0.05, 0.1) is 12.1 Å². The highest BCUT2D eigenvalue weighted by Crippen LogP contribution is 2.40. The van der Waals surface area contributed by atoms with Crippen LogP contribution in [0.1, 0.15) is 44.6 Å². The van der Waals surface area contributed by atoms with Crippen LogP contribution in [0.15, 0.2) is 18.2 Å². The van der Waals surface area contributed by atoms with E-state index in [4.69, 9.17) is 22.1 Å². The van der Waals surface area contributed by atoms with Crippen LogP contribution in [0.3, 0.4) is 0 Å². The van der Waals surface area contributed by atoms with E-state index in [2.05, 4.69) is 6.92 Å². The molecule has 0 atom stereocenters. The summed E-state index contributed by atoms with van der Waals surface area (Å²) in [5.74, 6) is 1.56. The number of rotatable bonds is 3. The van der Waals surface area contributed by atoms with Crippen molar-refractivity contribution in [3.63, 3.8) is 0 Å². The molecule has 0 amide bonds. The molecule has 0 saturated heterocycles. The molecule has 0 spiro atoms. The first kappa shape index (κ1) is 13.7. The third-order valence-electron chi connectivity index (χ3n) is 4.30. The Morgan fingerprint density at radius 3 is 2.61 bits per heavy atom. The van der Waals surface area contributed by atoms with Crippen LogP contribution < -0.4 is 10.5 Å². The minimum atomic E-state index is -0.205. The smallest absolute Gasteiger partial charge is 0.137 e. The molecule has 1 aliphatic carbocycles. The fraction of sp³-hybridized carbons (Fsp3) is 0.600. The Bertz CT molecular complexity index is 411. The van der Waals surface area contributed by atoms with Crippen LogP contribution in [-0.4, -0.2) is 7.11 Å². The minimum absolute atomic E-state index is 0.205. The summed E-state index contributed by atoms with van der Waals surface area (Å²) in [7, 11) is 1.64. The molecular weight excluding hydrogens is 246 g/mol. The maximum Gasteiger partial charge on any atom is 0.137 e. The van der Waals surface area contributed by atoms with Crippen molar-refractivity contribution in [2.45, 2.75) is 44.6 Å². The van der Waals surface area contributed by atoms with Gasteiger partial charge >= 0.3 is 0 Å². The maximum absolute atomic E-state index is 6.57. The maximum atomic E-state index is 6.57. The van der Waals surface area contributed by atoms with Crippen molar-refractivity contribution in [2.24, 2.45) is 11.7 Å². The van der Waals surface area contributed by atoms with E-state index < -0.39 is 0 Å². The van der Waals surface area contributed by atoms with Gasteiger partial charge in [-0.3, -0.25) is 0 Å². The highest BCUT2D eigenvalue weighted by Gasteiger charge is 2.33. The number of benzene rings is 1. The fourth-order valence-corrected chi connectivity index (χ4v) is 3.05. The van der Waals surface area contributed by atoms with Gasteiger partial charge in [0.1, 0.15) is 5.75 Å². The molecule has 1 aromatic rings. The van der Waals surface area contributed by atoms with Gasteiger partial charge in [0.15, 0.2) is 0 Å². The van der Waals surface area contributed by atoms with Crippen molar-refractivity contribution in [2.75, 3.05) is 7.11 Å². The van der Waals surface area contributed by atoms with Gasteiger partial charge in [-0.2, -0.15) is 0 Å². The quantitative estimate of drug-likeness (QED) is 0.895. The van der Waals surface area contributed by atoms with Gasteiger partial charge in [-0.25, -0.2) is 0 Å². The molecular formula is C15H22ClNO. The molecule has 1 fully saturated rings. The third kappa shape index (κ3) is 2.65. The zero-order valence-corrected chi connectivity index (χ0v) is 12.0. The summed E-state index contributed by atoms with van der Waals surface area (Å²) in [6.07, 6.45) is 5.81. The summed E-state index contributed by atoms with van der Waals surface area (Å²) in [4.78, 5) is 0. The average Bonchev–Trinajstić information content (AvgIpc) is 2.40. The van der Waals surface area contributed by atoms with Crippen LogP contribution in [0.5, 0.6) is 5.75 Å². The standard InChI is InChI=1S/C15H22ClNO/c1-3-11-6-8-15(17,9-7-11)12-4-5-13(16)14(10-12)18-2/h4-5,10-11H,3,6-9,17H2,1-2H3. The Morgan fingerprint density at radius 2 is 2.06 bits per heavy atom. The average molecular weight is 268 g/mol. The van der Waals surface area contributed by atoms with Crippen LogP contribution in [0, 0.1) is 5.92 Å². The summed E-state index contributed by atoms with van der Waals surface area (Å²) < 4.78 is 5.28. The van der Waals surface area contributed by atoms with Gasteiger partial charge in [-0.15, -0.1) is 0 Å².